The number of carbonyl (C=O) groups is 2. The second-order valence-corrected chi connectivity index (χ2v) is 4.14. The van der Waals surface area contributed by atoms with Crippen LogP contribution in [-0.4, -0.2) is 28.0 Å². The van der Waals surface area contributed by atoms with Gasteiger partial charge in [-0.1, -0.05) is 25.5 Å². The number of Topliss-reactive ketones (excluding diaryl/α,β-unsaturated/α-hetero) is 1. The fraction of sp³-hybridized carbons (Fsp3) is 0.308. The molecule has 0 saturated carbocycles. The van der Waals surface area contributed by atoms with Crippen LogP contribution in [0.25, 0.3) is 11.1 Å². The van der Waals surface area contributed by atoms with Gasteiger partial charge in [-0.25, -0.2) is 9.78 Å². The number of oxazole rings is 1. The molecule has 1 heterocycles. The number of carboxylic acid groups (broad SMARTS) is 1. The maximum absolute atomic E-state index is 12.2. The first-order valence-corrected chi connectivity index (χ1v) is 6.01. The van der Waals surface area contributed by atoms with Gasteiger partial charge in [-0.05, 0) is 18.6 Å². The molecule has 1 atom stereocenters. The van der Waals surface area contributed by atoms with Gasteiger partial charge in [0, 0.05) is 0 Å². The number of ketones is 1. The molecule has 2 rings (SSSR count). The van der Waals surface area contributed by atoms with Gasteiger partial charge in [0.2, 0.25) is 5.78 Å². The monoisotopic (exact) mass is 262 g/mol. The van der Waals surface area contributed by atoms with Crippen LogP contribution in [0.4, 0.5) is 4.79 Å². The van der Waals surface area contributed by atoms with Crippen LogP contribution in [0, 0.1) is 0 Å². The van der Waals surface area contributed by atoms with Crippen LogP contribution in [0.1, 0.15) is 30.5 Å². The van der Waals surface area contributed by atoms with E-state index in [0.717, 1.165) is 0 Å². The van der Waals surface area contributed by atoms with Crippen LogP contribution in [0.2, 0.25) is 0 Å². The predicted molar refractivity (Wildman–Crippen MR) is 68.2 cm³/mol. The number of benzene rings is 1. The second kappa shape index (κ2) is 5.51. The highest BCUT2D eigenvalue weighted by Crippen LogP contribution is 2.16. The molecule has 1 aromatic heterocycles. The van der Waals surface area contributed by atoms with Gasteiger partial charge in [0.25, 0.3) is 5.89 Å². The summed E-state index contributed by atoms with van der Waals surface area (Å²) in [5, 5.41) is 10.9. The minimum Gasteiger partial charge on any atom is -0.465 e. The number of rotatable bonds is 5. The molecule has 0 aliphatic carbocycles. The van der Waals surface area contributed by atoms with E-state index in [9.17, 15) is 9.59 Å². The van der Waals surface area contributed by atoms with Crippen molar-refractivity contribution in [1.82, 2.24) is 10.3 Å². The summed E-state index contributed by atoms with van der Waals surface area (Å²) in [5.74, 6) is -0.506. The highest BCUT2D eigenvalue weighted by molar-refractivity contribution is 5.99. The van der Waals surface area contributed by atoms with Crippen molar-refractivity contribution in [3.63, 3.8) is 0 Å². The Balaban J connectivity index is 2.27. The first-order valence-electron chi connectivity index (χ1n) is 6.01. The van der Waals surface area contributed by atoms with Crippen LogP contribution < -0.4 is 5.32 Å². The van der Waals surface area contributed by atoms with Crippen molar-refractivity contribution in [1.29, 1.82) is 0 Å². The highest BCUT2D eigenvalue weighted by atomic mass is 16.4. The smallest absolute Gasteiger partial charge is 0.405 e. The SMILES string of the molecule is CCCC(NC(=O)O)C(=O)c1nc2ccccc2o1. The van der Waals surface area contributed by atoms with Crippen LogP contribution in [0.3, 0.4) is 0 Å². The maximum Gasteiger partial charge on any atom is 0.405 e. The number of amides is 1. The summed E-state index contributed by atoms with van der Waals surface area (Å²) < 4.78 is 5.35. The number of fused-ring (bicyclic) bond motifs is 1. The Labute approximate surface area is 109 Å². The van der Waals surface area contributed by atoms with Crippen molar-refractivity contribution in [2.24, 2.45) is 0 Å². The van der Waals surface area contributed by atoms with E-state index in [0.29, 0.717) is 23.9 Å². The minimum atomic E-state index is -1.23. The van der Waals surface area contributed by atoms with Gasteiger partial charge in [-0.15, -0.1) is 0 Å². The van der Waals surface area contributed by atoms with Gasteiger partial charge in [-0.3, -0.25) is 4.79 Å². The Bertz CT molecular complexity index is 572. The Morgan fingerprint density at radius 3 is 2.79 bits per heavy atom. The summed E-state index contributed by atoms with van der Waals surface area (Å²) in [6, 6.07) is 6.18. The molecular weight excluding hydrogens is 248 g/mol. The molecule has 2 aromatic rings. The topological polar surface area (TPSA) is 92.4 Å². The number of aromatic nitrogens is 1. The van der Waals surface area contributed by atoms with Crippen LogP contribution in [-0.2, 0) is 0 Å². The van der Waals surface area contributed by atoms with Gasteiger partial charge < -0.3 is 14.8 Å². The number of nitrogens with one attached hydrogen (secondary N) is 1. The second-order valence-electron chi connectivity index (χ2n) is 4.14. The number of hydrogen-bond donors (Lipinski definition) is 2. The summed E-state index contributed by atoms with van der Waals surface area (Å²) in [4.78, 5) is 26.9. The van der Waals surface area contributed by atoms with Crippen molar-refractivity contribution in [3.8, 4) is 0 Å². The minimum absolute atomic E-state index is 0.0617. The van der Waals surface area contributed by atoms with E-state index in [4.69, 9.17) is 9.52 Å². The number of para-hydroxylation sites is 2. The van der Waals surface area contributed by atoms with Gasteiger partial charge in [-0.2, -0.15) is 0 Å². The lowest BCUT2D eigenvalue weighted by atomic mass is 10.1. The molecule has 6 heteroatoms. The van der Waals surface area contributed by atoms with E-state index in [2.05, 4.69) is 10.3 Å². The molecule has 1 unspecified atom stereocenters. The Kier molecular flexibility index (Phi) is 3.79. The van der Waals surface area contributed by atoms with Gasteiger partial charge in [0.1, 0.15) is 11.6 Å². The zero-order valence-corrected chi connectivity index (χ0v) is 10.4. The largest absolute Gasteiger partial charge is 0.465 e. The average molecular weight is 262 g/mol. The molecule has 0 bridgehead atoms. The quantitative estimate of drug-likeness (QED) is 0.807. The summed E-state index contributed by atoms with van der Waals surface area (Å²) in [6.07, 6.45) is -0.149. The van der Waals surface area contributed by atoms with Crippen molar-refractivity contribution >= 4 is 23.0 Å². The number of carbonyl (C=O) groups excluding carboxylic acids is 1. The first kappa shape index (κ1) is 13.1. The van der Waals surface area contributed by atoms with Crippen molar-refractivity contribution in [3.05, 3.63) is 30.2 Å². The van der Waals surface area contributed by atoms with E-state index in [1.165, 1.54) is 0 Å². The normalized spacial score (nSPS) is 12.3. The standard InChI is InChI=1S/C13H14N2O4/c1-2-5-9(15-13(17)18)11(16)12-14-8-6-3-4-7-10(8)19-12/h3-4,6-7,9,15H,2,5H2,1H3,(H,17,18). The van der Waals surface area contributed by atoms with Crippen LogP contribution >= 0.6 is 0 Å². The molecule has 0 aliphatic heterocycles. The molecule has 100 valence electrons. The van der Waals surface area contributed by atoms with Crippen LogP contribution in [0.15, 0.2) is 28.7 Å². The molecule has 0 saturated heterocycles. The zero-order chi connectivity index (χ0) is 13.8. The van der Waals surface area contributed by atoms with Crippen molar-refractivity contribution in [2.45, 2.75) is 25.8 Å². The lowest BCUT2D eigenvalue weighted by Gasteiger charge is -2.12. The van der Waals surface area contributed by atoms with E-state index in [1.54, 1.807) is 24.3 Å². The molecule has 6 nitrogen and oxygen atoms in total. The summed E-state index contributed by atoms with van der Waals surface area (Å²) >= 11 is 0. The lowest BCUT2D eigenvalue weighted by molar-refractivity contribution is 0.0899. The van der Waals surface area contributed by atoms with Crippen LogP contribution in [0.5, 0.6) is 0 Å². The molecule has 19 heavy (non-hydrogen) atoms. The molecule has 1 aromatic carbocycles. The lowest BCUT2D eigenvalue weighted by Crippen LogP contribution is -2.40. The first-order chi connectivity index (χ1) is 9.11. The molecule has 0 aliphatic rings. The number of nitrogens with zero attached hydrogens (tertiary/aromatic N) is 1. The summed E-state index contributed by atoms with van der Waals surface area (Å²) in [5.41, 5.74) is 1.09. The van der Waals surface area contributed by atoms with Gasteiger partial charge >= 0.3 is 6.09 Å². The third-order valence-corrected chi connectivity index (χ3v) is 2.70. The average Bonchev–Trinajstić information content (AvgIpc) is 2.80. The molecular formula is C13H14N2O4. The molecule has 0 radical (unpaired) electrons. The summed E-state index contributed by atoms with van der Waals surface area (Å²) in [6.45, 7) is 1.87. The molecule has 1 amide bonds. The Hall–Kier alpha value is -2.37. The van der Waals surface area contributed by atoms with E-state index >= 15 is 0 Å². The van der Waals surface area contributed by atoms with Gasteiger partial charge in [0.05, 0.1) is 0 Å². The fourth-order valence-corrected chi connectivity index (χ4v) is 1.83. The predicted octanol–water partition coefficient (Wildman–Crippen LogP) is 2.45. The molecule has 0 spiro atoms. The van der Waals surface area contributed by atoms with E-state index in [1.807, 2.05) is 6.92 Å². The Morgan fingerprint density at radius 1 is 1.42 bits per heavy atom. The Morgan fingerprint density at radius 2 is 2.16 bits per heavy atom. The number of hydrogen-bond acceptors (Lipinski definition) is 4. The molecule has 0 fully saturated rings. The van der Waals surface area contributed by atoms with E-state index in [-0.39, 0.29) is 5.89 Å². The van der Waals surface area contributed by atoms with E-state index < -0.39 is 17.9 Å². The van der Waals surface area contributed by atoms with Crippen molar-refractivity contribution < 1.29 is 19.1 Å². The fourth-order valence-electron chi connectivity index (χ4n) is 1.83. The third-order valence-electron chi connectivity index (χ3n) is 2.70. The zero-order valence-electron chi connectivity index (χ0n) is 10.4. The highest BCUT2D eigenvalue weighted by Gasteiger charge is 2.25. The van der Waals surface area contributed by atoms with Crippen molar-refractivity contribution in [2.75, 3.05) is 0 Å². The third kappa shape index (κ3) is 2.90. The molecule has 2 N–H and O–H groups in total. The maximum atomic E-state index is 12.2. The van der Waals surface area contributed by atoms with Gasteiger partial charge in [0.15, 0.2) is 5.58 Å². The summed E-state index contributed by atoms with van der Waals surface area (Å²) in [7, 11) is 0.